The Morgan fingerprint density at radius 1 is 1.13 bits per heavy atom. The van der Waals surface area contributed by atoms with Crippen LogP contribution in [0.3, 0.4) is 0 Å². The lowest BCUT2D eigenvalue weighted by atomic mass is 10.1. The van der Waals surface area contributed by atoms with E-state index < -0.39 is 0 Å². The first kappa shape index (κ1) is 20.1. The number of aromatic nitrogens is 3. The van der Waals surface area contributed by atoms with Gasteiger partial charge in [0.1, 0.15) is 0 Å². The van der Waals surface area contributed by atoms with Crippen LogP contribution in [0, 0.1) is 20.8 Å². The van der Waals surface area contributed by atoms with E-state index >= 15 is 0 Å². The highest BCUT2D eigenvalue weighted by Gasteiger charge is 2.19. The van der Waals surface area contributed by atoms with Crippen molar-refractivity contribution in [3.05, 3.63) is 70.6 Å². The van der Waals surface area contributed by atoms with Gasteiger partial charge in [-0.05, 0) is 44.4 Å². The van der Waals surface area contributed by atoms with E-state index in [1.807, 2.05) is 77.9 Å². The Morgan fingerprint density at radius 2 is 1.93 bits per heavy atom. The molecule has 30 heavy (non-hydrogen) atoms. The summed E-state index contributed by atoms with van der Waals surface area (Å²) in [6, 6.07) is 11.9. The maximum Gasteiger partial charge on any atom is 0.308 e. The van der Waals surface area contributed by atoms with Gasteiger partial charge in [0.15, 0.2) is 11.7 Å². The molecule has 3 aromatic heterocycles. The number of fused-ring (bicyclic) bond motifs is 1. The van der Waals surface area contributed by atoms with E-state index in [2.05, 4.69) is 4.98 Å². The largest absolute Gasteiger partial charge is 0.457 e. The van der Waals surface area contributed by atoms with Crippen LogP contribution in [-0.2, 0) is 16.1 Å². The number of nitrogens with zero attached hydrogens (tertiary/aromatic N) is 3. The van der Waals surface area contributed by atoms with E-state index in [4.69, 9.17) is 4.74 Å². The number of carbonyl (C=O) groups excluding carboxylic acids is 2. The molecule has 0 aliphatic rings. The van der Waals surface area contributed by atoms with Gasteiger partial charge in [0.25, 0.3) is 0 Å². The summed E-state index contributed by atoms with van der Waals surface area (Å²) in [5.41, 5.74) is 4.31. The van der Waals surface area contributed by atoms with Crippen molar-refractivity contribution in [3.8, 4) is 5.13 Å². The Balaban J connectivity index is 1.37. The lowest BCUT2D eigenvalue weighted by Crippen LogP contribution is -2.16. The fraction of sp³-hybridized carbons (Fsp3) is 0.261. The molecule has 4 rings (SSSR count). The summed E-state index contributed by atoms with van der Waals surface area (Å²) in [4.78, 5) is 29.4. The SMILES string of the molecule is Cc1csc(-n2c(C)cc(C(=O)COC(=O)CCn3ccc4ccccc43)c2C)n1. The minimum Gasteiger partial charge on any atom is -0.457 e. The van der Waals surface area contributed by atoms with Crippen LogP contribution in [0.15, 0.2) is 48.0 Å². The van der Waals surface area contributed by atoms with Crippen molar-refractivity contribution in [1.29, 1.82) is 0 Å². The predicted molar refractivity (Wildman–Crippen MR) is 117 cm³/mol. The van der Waals surface area contributed by atoms with Crippen molar-refractivity contribution in [1.82, 2.24) is 14.1 Å². The molecule has 0 aliphatic heterocycles. The Labute approximate surface area is 178 Å². The lowest BCUT2D eigenvalue weighted by Gasteiger charge is -2.07. The topological polar surface area (TPSA) is 66.1 Å². The highest BCUT2D eigenvalue weighted by atomic mass is 32.1. The van der Waals surface area contributed by atoms with Crippen molar-refractivity contribution >= 4 is 34.0 Å². The van der Waals surface area contributed by atoms with Gasteiger partial charge >= 0.3 is 5.97 Å². The summed E-state index contributed by atoms with van der Waals surface area (Å²) < 4.78 is 9.24. The monoisotopic (exact) mass is 421 g/mol. The molecule has 0 radical (unpaired) electrons. The average molecular weight is 422 g/mol. The number of ether oxygens (including phenoxy) is 1. The van der Waals surface area contributed by atoms with E-state index in [1.54, 1.807) is 0 Å². The van der Waals surface area contributed by atoms with Crippen molar-refractivity contribution < 1.29 is 14.3 Å². The van der Waals surface area contributed by atoms with Gasteiger partial charge in [0, 0.05) is 40.6 Å². The molecule has 0 atom stereocenters. The third kappa shape index (κ3) is 3.93. The second-order valence-electron chi connectivity index (χ2n) is 7.29. The zero-order chi connectivity index (χ0) is 21.3. The molecule has 0 fully saturated rings. The lowest BCUT2D eigenvalue weighted by molar-refractivity contribution is -0.142. The smallest absolute Gasteiger partial charge is 0.308 e. The first-order chi connectivity index (χ1) is 14.4. The number of rotatable bonds is 7. The molecule has 0 aliphatic carbocycles. The fourth-order valence-corrected chi connectivity index (χ4v) is 4.54. The molecule has 4 aromatic rings. The highest BCUT2D eigenvalue weighted by molar-refractivity contribution is 7.12. The summed E-state index contributed by atoms with van der Waals surface area (Å²) >= 11 is 1.53. The van der Waals surface area contributed by atoms with E-state index in [0.717, 1.165) is 33.1 Å². The number of thiazole rings is 1. The molecule has 0 saturated carbocycles. The molecule has 154 valence electrons. The van der Waals surface area contributed by atoms with Gasteiger partial charge in [-0.3, -0.25) is 14.2 Å². The Kier molecular flexibility index (Phi) is 5.55. The highest BCUT2D eigenvalue weighted by Crippen LogP contribution is 2.24. The van der Waals surface area contributed by atoms with Crippen molar-refractivity contribution in [3.63, 3.8) is 0 Å². The molecule has 0 saturated heterocycles. The number of para-hydroxylation sites is 1. The number of esters is 1. The van der Waals surface area contributed by atoms with Gasteiger partial charge in [-0.25, -0.2) is 4.98 Å². The number of aryl methyl sites for hydroxylation is 3. The van der Waals surface area contributed by atoms with Crippen LogP contribution >= 0.6 is 11.3 Å². The quantitative estimate of drug-likeness (QED) is 0.322. The summed E-state index contributed by atoms with van der Waals surface area (Å²) in [7, 11) is 0. The molecule has 0 N–H and O–H groups in total. The summed E-state index contributed by atoms with van der Waals surface area (Å²) in [6.07, 6.45) is 2.17. The second-order valence-corrected chi connectivity index (χ2v) is 8.13. The summed E-state index contributed by atoms with van der Waals surface area (Å²) in [5, 5.41) is 3.94. The van der Waals surface area contributed by atoms with Gasteiger partial charge in [-0.2, -0.15) is 0 Å². The molecule has 3 heterocycles. The van der Waals surface area contributed by atoms with Crippen LogP contribution in [0.5, 0.6) is 0 Å². The van der Waals surface area contributed by atoms with Gasteiger partial charge in [-0.15, -0.1) is 11.3 Å². The van der Waals surface area contributed by atoms with Crippen LogP contribution in [0.4, 0.5) is 0 Å². The van der Waals surface area contributed by atoms with Crippen LogP contribution in [0.1, 0.15) is 33.9 Å². The maximum atomic E-state index is 12.7. The van der Waals surface area contributed by atoms with Crippen molar-refractivity contribution in [2.24, 2.45) is 0 Å². The minimum atomic E-state index is -0.384. The normalized spacial score (nSPS) is 11.2. The third-order valence-corrected chi connectivity index (χ3v) is 6.07. The molecule has 0 bridgehead atoms. The minimum absolute atomic E-state index is 0.206. The average Bonchev–Trinajstić information content (AvgIpc) is 3.42. The molecular formula is C23H23N3O3S. The zero-order valence-electron chi connectivity index (χ0n) is 17.2. The van der Waals surface area contributed by atoms with Gasteiger partial charge < -0.3 is 9.30 Å². The van der Waals surface area contributed by atoms with Crippen LogP contribution in [-0.4, -0.2) is 32.5 Å². The van der Waals surface area contributed by atoms with Gasteiger partial charge in [0.05, 0.1) is 12.1 Å². The number of hydrogen-bond acceptors (Lipinski definition) is 5. The fourth-order valence-electron chi connectivity index (χ4n) is 3.63. The number of Topliss-reactive ketones (excluding diaryl/α,β-unsaturated/α-hetero) is 1. The first-order valence-corrected chi connectivity index (χ1v) is 10.7. The zero-order valence-corrected chi connectivity index (χ0v) is 18.0. The number of ketones is 1. The van der Waals surface area contributed by atoms with Crippen LogP contribution in [0.2, 0.25) is 0 Å². The Bertz CT molecular complexity index is 1230. The molecule has 0 amide bonds. The molecular weight excluding hydrogens is 398 g/mol. The second kappa shape index (κ2) is 8.28. The predicted octanol–water partition coefficient (Wildman–Crippen LogP) is 4.63. The Morgan fingerprint density at radius 3 is 2.70 bits per heavy atom. The van der Waals surface area contributed by atoms with E-state index in [1.165, 1.54) is 11.3 Å². The maximum absolute atomic E-state index is 12.7. The van der Waals surface area contributed by atoms with Crippen molar-refractivity contribution in [2.75, 3.05) is 6.61 Å². The summed E-state index contributed by atoms with van der Waals surface area (Å²) in [6.45, 7) is 6.02. The molecule has 7 heteroatoms. The third-order valence-electron chi connectivity index (χ3n) is 5.13. The van der Waals surface area contributed by atoms with Crippen molar-refractivity contribution in [2.45, 2.75) is 33.7 Å². The summed E-state index contributed by atoms with van der Waals surface area (Å²) in [5.74, 6) is -0.590. The number of carbonyl (C=O) groups is 2. The van der Waals surface area contributed by atoms with E-state index in [-0.39, 0.29) is 24.8 Å². The van der Waals surface area contributed by atoms with Gasteiger partial charge in [-0.1, -0.05) is 18.2 Å². The van der Waals surface area contributed by atoms with Crippen LogP contribution in [0.25, 0.3) is 16.0 Å². The van der Waals surface area contributed by atoms with Gasteiger partial charge in [0.2, 0.25) is 5.78 Å². The standard InChI is InChI=1S/C23H23N3O3S/c1-15-14-30-23(24-15)26-16(2)12-19(17(26)3)21(27)13-29-22(28)9-11-25-10-8-18-6-4-5-7-20(18)25/h4-8,10,12,14H,9,11,13H2,1-3H3. The number of hydrogen-bond donors (Lipinski definition) is 0. The first-order valence-electron chi connectivity index (χ1n) is 9.78. The molecule has 1 aromatic carbocycles. The van der Waals surface area contributed by atoms with E-state index in [0.29, 0.717) is 12.1 Å². The van der Waals surface area contributed by atoms with E-state index in [9.17, 15) is 9.59 Å². The number of benzene rings is 1. The Hall–Kier alpha value is -3.19. The molecule has 6 nitrogen and oxygen atoms in total. The molecule has 0 spiro atoms. The van der Waals surface area contributed by atoms with Crippen LogP contribution < -0.4 is 0 Å². The molecule has 0 unspecified atom stereocenters.